The predicted molar refractivity (Wildman–Crippen MR) is 77.5 cm³/mol. The lowest BCUT2D eigenvalue weighted by Gasteiger charge is -2.28. The van der Waals surface area contributed by atoms with Crippen molar-refractivity contribution in [3.05, 3.63) is 18.2 Å². The van der Waals surface area contributed by atoms with Gasteiger partial charge in [-0.25, -0.2) is 8.42 Å². The zero-order chi connectivity index (χ0) is 13.9. The number of anilines is 2. The van der Waals surface area contributed by atoms with E-state index in [1.54, 1.807) is 12.1 Å². The molecule has 0 saturated heterocycles. The van der Waals surface area contributed by atoms with E-state index in [-0.39, 0.29) is 5.75 Å². The number of unbranched alkanes of at least 4 members (excludes halogenated alkanes) is 1. The third-order valence-electron chi connectivity index (χ3n) is 3.10. The first-order chi connectivity index (χ1) is 9.02. The standard InChI is InChI=1S/C13H20N2O3S/c1-3-4-9-19(16,17)14-11-5-6-12-13(10-11)18-8-7-15(12)2/h5-6,10,14H,3-4,7-9H2,1-2H3. The largest absolute Gasteiger partial charge is 0.489 e. The van der Waals surface area contributed by atoms with Crippen LogP contribution in [-0.2, 0) is 10.0 Å². The number of fused-ring (bicyclic) bond motifs is 1. The molecule has 0 atom stereocenters. The molecule has 0 saturated carbocycles. The van der Waals surface area contributed by atoms with E-state index < -0.39 is 10.0 Å². The maximum absolute atomic E-state index is 11.8. The molecule has 0 aromatic heterocycles. The van der Waals surface area contributed by atoms with E-state index in [1.807, 2.05) is 20.0 Å². The molecule has 1 heterocycles. The molecule has 0 radical (unpaired) electrons. The third kappa shape index (κ3) is 3.53. The lowest BCUT2D eigenvalue weighted by Crippen LogP contribution is -2.28. The molecular weight excluding hydrogens is 264 g/mol. The first-order valence-electron chi connectivity index (χ1n) is 6.50. The summed E-state index contributed by atoms with van der Waals surface area (Å²) in [5, 5.41) is 0. The summed E-state index contributed by atoms with van der Waals surface area (Å²) in [5.74, 6) is 0.880. The Morgan fingerprint density at radius 1 is 1.42 bits per heavy atom. The maximum Gasteiger partial charge on any atom is 0.232 e. The van der Waals surface area contributed by atoms with Gasteiger partial charge in [-0.1, -0.05) is 13.3 Å². The van der Waals surface area contributed by atoms with Crippen LogP contribution in [0.3, 0.4) is 0 Å². The first-order valence-corrected chi connectivity index (χ1v) is 8.15. The van der Waals surface area contributed by atoms with Crippen molar-refractivity contribution in [3.8, 4) is 5.75 Å². The number of nitrogens with zero attached hydrogens (tertiary/aromatic N) is 1. The summed E-state index contributed by atoms with van der Waals surface area (Å²) in [5.41, 5.74) is 1.55. The normalized spacial score (nSPS) is 14.7. The van der Waals surface area contributed by atoms with E-state index in [9.17, 15) is 8.42 Å². The zero-order valence-corrected chi connectivity index (χ0v) is 12.2. The molecule has 1 aromatic rings. The smallest absolute Gasteiger partial charge is 0.232 e. The highest BCUT2D eigenvalue weighted by Crippen LogP contribution is 2.33. The molecule has 1 aliphatic heterocycles. The molecule has 5 nitrogen and oxygen atoms in total. The van der Waals surface area contributed by atoms with Crippen LogP contribution in [0.4, 0.5) is 11.4 Å². The summed E-state index contributed by atoms with van der Waals surface area (Å²) in [4.78, 5) is 2.09. The molecule has 0 amide bonds. The molecule has 0 unspecified atom stereocenters. The highest BCUT2D eigenvalue weighted by Gasteiger charge is 2.16. The molecule has 1 aromatic carbocycles. The Hall–Kier alpha value is -1.43. The summed E-state index contributed by atoms with van der Waals surface area (Å²) in [6.45, 7) is 3.43. The van der Waals surface area contributed by atoms with Gasteiger partial charge in [0.05, 0.1) is 23.7 Å². The first kappa shape index (κ1) is 14.0. The number of benzene rings is 1. The summed E-state index contributed by atoms with van der Waals surface area (Å²) < 4.78 is 31.8. The second-order valence-corrected chi connectivity index (χ2v) is 6.57. The van der Waals surface area contributed by atoms with Gasteiger partial charge >= 0.3 is 0 Å². The van der Waals surface area contributed by atoms with Crippen LogP contribution >= 0.6 is 0 Å². The summed E-state index contributed by atoms with van der Waals surface area (Å²) in [6, 6.07) is 5.40. The SMILES string of the molecule is CCCCS(=O)(=O)Nc1ccc2c(c1)OCCN2C. The number of hydrogen-bond acceptors (Lipinski definition) is 4. The molecule has 0 spiro atoms. The lowest BCUT2D eigenvalue weighted by molar-refractivity contribution is 0.311. The van der Waals surface area contributed by atoms with Crippen molar-refractivity contribution in [2.75, 3.05) is 35.6 Å². The average Bonchev–Trinajstić information content (AvgIpc) is 2.36. The van der Waals surface area contributed by atoms with Gasteiger partial charge in [0.1, 0.15) is 12.4 Å². The number of rotatable bonds is 5. The summed E-state index contributed by atoms with van der Waals surface area (Å²) in [7, 11) is -1.26. The molecule has 0 bridgehead atoms. The Morgan fingerprint density at radius 3 is 2.95 bits per heavy atom. The molecule has 19 heavy (non-hydrogen) atoms. The van der Waals surface area contributed by atoms with E-state index in [0.29, 0.717) is 18.7 Å². The van der Waals surface area contributed by atoms with Gasteiger partial charge in [-0.3, -0.25) is 4.72 Å². The van der Waals surface area contributed by atoms with Crippen molar-refractivity contribution in [1.29, 1.82) is 0 Å². The van der Waals surface area contributed by atoms with E-state index in [4.69, 9.17) is 4.74 Å². The zero-order valence-electron chi connectivity index (χ0n) is 11.3. The Balaban J connectivity index is 2.14. The van der Waals surface area contributed by atoms with Crippen molar-refractivity contribution in [1.82, 2.24) is 0 Å². The minimum absolute atomic E-state index is 0.154. The molecule has 1 aliphatic rings. The van der Waals surface area contributed by atoms with E-state index in [0.717, 1.165) is 24.4 Å². The van der Waals surface area contributed by atoms with Gasteiger partial charge in [0, 0.05) is 13.1 Å². The molecule has 2 rings (SSSR count). The Labute approximate surface area is 114 Å². The minimum Gasteiger partial charge on any atom is -0.489 e. The predicted octanol–water partition coefficient (Wildman–Crippen LogP) is 2.06. The fraction of sp³-hybridized carbons (Fsp3) is 0.538. The molecule has 6 heteroatoms. The summed E-state index contributed by atoms with van der Waals surface area (Å²) in [6.07, 6.45) is 1.53. The molecule has 0 fully saturated rings. The van der Waals surface area contributed by atoms with Crippen LogP contribution < -0.4 is 14.4 Å². The fourth-order valence-corrected chi connectivity index (χ4v) is 3.24. The molecule has 0 aliphatic carbocycles. The summed E-state index contributed by atoms with van der Waals surface area (Å²) >= 11 is 0. The van der Waals surface area contributed by atoms with Crippen LogP contribution in [0.15, 0.2) is 18.2 Å². The van der Waals surface area contributed by atoms with Crippen molar-refractivity contribution in [2.24, 2.45) is 0 Å². The van der Waals surface area contributed by atoms with Crippen molar-refractivity contribution < 1.29 is 13.2 Å². The van der Waals surface area contributed by atoms with E-state index >= 15 is 0 Å². The Kier molecular flexibility index (Phi) is 4.19. The van der Waals surface area contributed by atoms with Gasteiger partial charge in [-0.15, -0.1) is 0 Å². The van der Waals surface area contributed by atoms with Crippen LogP contribution in [0.25, 0.3) is 0 Å². The number of likely N-dealkylation sites (N-methyl/N-ethyl adjacent to an activating group) is 1. The molecule has 106 valence electrons. The van der Waals surface area contributed by atoms with Gasteiger partial charge in [0.25, 0.3) is 0 Å². The van der Waals surface area contributed by atoms with Crippen LogP contribution in [0, 0.1) is 0 Å². The number of ether oxygens (including phenoxy) is 1. The minimum atomic E-state index is -3.26. The number of nitrogens with one attached hydrogen (secondary N) is 1. The van der Waals surface area contributed by atoms with Crippen LogP contribution in [0.1, 0.15) is 19.8 Å². The van der Waals surface area contributed by atoms with Crippen LogP contribution in [-0.4, -0.2) is 34.4 Å². The van der Waals surface area contributed by atoms with Gasteiger partial charge in [0.2, 0.25) is 10.0 Å². The van der Waals surface area contributed by atoms with Gasteiger partial charge < -0.3 is 9.64 Å². The number of hydrogen-bond donors (Lipinski definition) is 1. The maximum atomic E-state index is 11.8. The average molecular weight is 284 g/mol. The topological polar surface area (TPSA) is 58.6 Å². The van der Waals surface area contributed by atoms with Gasteiger partial charge in [0.15, 0.2) is 0 Å². The van der Waals surface area contributed by atoms with Gasteiger partial charge in [-0.05, 0) is 18.6 Å². The molecule has 1 N–H and O–H groups in total. The highest BCUT2D eigenvalue weighted by molar-refractivity contribution is 7.92. The lowest BCUT2D eigenvalue weighted by atomic mass is 10.2. The Bertz CT molecular complexity index is 543. The van der Waals surface area contributed by atoms with E-state index in [2.05, 4.69) is 9.62 Å². The van der Waals surface area contributed by atoms with Crippen molar-refractivity contribution in [2.45, 2.75) is 19.8 Å². The van der Waals surface area contributed by atoms with E-state index in [1.165, 1.54) is 0 Å². The molecular formula is C13H20N2O3S. The van der Waals surface area contributed by atoms with Crippen molar-refractivity contribution >= 4 is 21.4 Å². The second-order valence-electron chi connectivity index (χ2n) is 4.73. The third-order valence-corrected chi connectivity index (χ3v) is 4.47. The van der Waals surface area contributed by atoms with Gasteiger partial charge in [-0.2, -0.15) is 0 Å². The van der Waals surface area contributed by atoms with Crippen LogP contribution in [0.5, 0.6) is 5.75 Å². The van der Waals surface area contributed by atoms with Crippen LogP contribution in [0.2, 0.25) is 0 Å². The quantitative estimate of drug-likeness (QED) is 0.899. The Morgan fingerprint density at radius 2 is 2.21 bits per heavy atom. The highest BCUT2D eigenvalue weighted by atomic mass is 32.2. The fourth-order valence-electron chi connectivity index (χ4n) is 1.99. The monoisotopic (exact) mass is 284 g/mol. The second kappa shape index (κ2) is 5.69. The van der Waals surface area contributed by atoms with Crippen molar-refractivity contribution in [3.63, 3.8) is 0 Å². The number of sulfonamides is 1.